The summed E-state index contributed by atoms with van der Waals surface area (Å²) < 4.78 is 16.5. The molecule has 1 unspecified atom stereocenters. The Hall–Kier alpha value is -2.70. The van der Waals surface area contributed by atoms with E-state index in [0.29, 0.717) is 29.2 Å². The van der Waals surface area contributed by atoms with Gasteiger partial charge in [-0.15, -0.1) is 0 Å². The maximum absolute atomic E-state index is 12.5. The molecule has 0 saturated carbocycles. The third-order valence-corrected chi connectivity index (χ3v) is 4.31. The maximum atomic E-state index is 12.5. The minimum Gasteiger partial charge on any atom is -0.496 e. The molecule has 1 atom stereocenters. The molecule has 0 spiro atoms. The van der Waals surface area contributed by atoms with Gasteiger partial charge in [0.25, 0.3) is 0 Å². The number of carbonyl (C=O) groups excluding carboxylic acids is 2. The van der Waals surface area contributed by atoms with Crippen molar-refractivity contribution in [1.29, 1.82) is 0 Å². The average Bonchev–Trinajstić information content (AvgIpc) is 2.62. The highest BCUT2D eigenvalue weighted by molar-refractivity contribution is 5.95. The second-order valence-electron chi connectivity index (χ2n) is 6.18. The van der Waals surface area contributed by atoms with Crippen molar-refractivity contribution in [3.05, 3.63) is 34.5 Å². The van der Waals surface area contributed by atoms with Crippen LogP contribution in [0.25, 0.3) is 0 Å². The largest absolute Gasteiger partial charge is 0.496 e. The highest BCUT2D eigenvalue weighted by Gasteiger charge is 2.34. The lowest BCUT2D eigenvalue weighted by Gasteiger charge is -2.29. The standard InChI is InChI=1S/C20H28N2O5/c1-6-9-13-10-14(16(25-5)11-15(13)26-7-2)18-17(19(23)27-8-3)12(4)21-20(24)22-18/h10-11,18H,6-9H2,1-5H3,(H2,21,22,24). The van der Waals surface area contributed by atoms with Gasteiger partial charge in [0.2, 0.25) is 0 Å². The number of methoxy groups -OCH3 is 1. The van der Waals surface area contributed by atoms with E-state index in [1.54, 1.807) is 21.0 Å². The van der Waals surface area contributed by atoms with Gasteiger partial charge >= 0.3 is 12.0 Å². The molecule has 0 aliphatic carbocycles. The predicted octanol–water partition coefficient (Wildman–Crippen LogP) is 3.24. The second kappa shape index (κ2) is 9.30. The minimum absolute atomic E-state index is 0.248. The molecule has 27 heavy (non-hydrogen) atoms. The van der Waals surface area contributed by atoms with Crippen LogP contribution in [-0.4, -0.2) is 32.3 Å². The molecule has 1 aliphatic rings. The van der Waals surface area contributed by atoms with Crippen LogP contribution in [0.15, 0.2) is 23.4 Å². The Balaban J connectivity index is 2.61. The Morgan fingerprint density at radius 3 is 2.48 bits per heavy atom. The van der Waals surface area contributed by atoms with Gasteiger partial charge in [-0.05, 0) is 38.8 Å². The van der Waals surface area contributed by atoms with Crippen molar-refractivity contribution < 1.29 is 23.8 Å². The van der Waals surface area contributed by atoms with E-state index >= 15 is 0 Å². The van der Waals surface area contributed by atoms with E-state index in [4.69, 9.17) is 14.2 Å². The molecule has 0 radical (unpaired) electrons. The maximum Gasteiger partial charge on any atom is 0.338 e. The van der Waals surface area contributed by atoms with Crippen LogP contribution in [0.1, 0.15) is 51.3 Å². The third-order valence-electron chi connectivity index (χ3n) is 4.31. The zero-order valence-corrected chi connectivity index (χ0v) is 16.6. The van der Waals surface area contributed by atoms with Crippen molar-refractivity contribution in [3.8, 4) is 11.5 Å². The first kappa shape index (κ1) is 20.6. The van der Waals surface area contributed by atoms with Crippen LogP contribution in [-0.2, 0) is 16.0 Å². The molecule has 2 rings (SSSR count). The normalized spacial score (nSPS) is 16.5. The highest BCUT2D eigenvalue weighted by atomic mass is 16.5. The molecule has 1 aromatic carbocycles. The SMILES string of the molecule is CCCc1cc(C2NC(=O)NC(C)=C2C(=O)OCC)c(OC)cc1OCC. The number of carbonyl (C=O) groups is 2. The summed E-state index contributed by atoms with van der Waals surface area (Å²) in [4.78, 5) is 24.6. The van der Waals surface area contributed by atoms with Crippen LogP contribution in [0.3, 0.4) is 0 Å². The van der Waals surface area contributed by atoms with E-state index in [9.17, 15) is 9.59 Å². The first-order valence-corrected chi connectivity index (χ1v) is 9.25. The number of nitrogens with one attached hydrogen (secondary N) is 2. The summed E-state index contributed by atoms with van der Waals surface area (Å²) in [5.41, 5.74) is 2.53. The van der Waals surface area contributed by atoms with Crippen LogP contribution in [0.5, 0.6) is 11.5 Å². The van der Waals surface area contributed by atoms with E-state index in [0.717, 1.165) is 24.2 Å². The average molecular weight is 376 g/mol. The number of hydrogen-bond acceptors (Lipinski definition) is 5. The lowest BCUT2D eigenvalue weighted by Crippen LogP contribution is -2.45. The number of hydrogen-bond donors (Lipinski definition) is 2. The van der Waals surface area contributed by atoms with Gasteiger partial charge in [-0.3, -0.25) is 0 Å². The first-order valence-electron chi connectivity index (χ1n) is 9.25. The molecule has 0 aromatic heterocycles. The van der Waals surface area contributed by atoms with Crippen molar-refractivity contribution in [3.63, 3.8) is 0 Å². The van der Waals surface area contributed by atoms with Crippen LogP contribution in [0.2, 0.25) is 0 Å². The molecule has 148 valence electrons. The van der Waals surface area contributed by atoms with Gasteiger partial charge in [0, 0.05) is 17.3 Å². The van der Waals surface area contributed by atoms with Gasteiger partial charge in [0.15, 0.2) is 0 Å². The summed E-state index contributed by atoms with van der Waals surface area (Å²) >= 11 is 0. The number of urea groups is 1. The Bertz CT molecular complexity index is 742. The van der Waals surface area contributed by atoms with E-state index < -0.39 is 12.0 Å². The molecular weight excluding hydrogens is 348 g/mol. The Morgan fingerprint density at radius 2 is 1.89 bits per heavy atom. The lowest BCUT2D eigenvalue weighted by atomic mass is 9.92. The van der Waals surface area contributed by atoms with Crippen molar-refractivity contribution >= 4 is 12.0 Å². The Labute approximate surface area is 160 Å². The molecular formula is C20H28N2O5. The van der Waals surface area contributed by atoms with Crippen molar-refractivity contribution in [2.24, 2.45) is 0 Å². The minimum atomic E-state index is -0.668. The van der Waals surface area contributed by atoms with Crippen LogP contribution in [0.4, 0.5) is 4.79 Å². The second-order valence-corrected chi connectivity index (χ2v) is 6.18. The smallest absolute Gasteiger partial charge is 0.338 e. The van der Waals surface area contributed by atoms with Gasteiger partial charge in [-0.2, -0.15) is 0 Å². The van der Waals surface area contributed by atoms with E-state index in [1.165, 1.54) is 0 Å². The predicted molar refractivity (Wildman–Crippen MR) is 102 cm³/mol. The van der Waals surface area contributed by atoms with Crippen LogP contribution >= 0.6 is 0 Å². The number of rotatable bonds is 8. The summed E-state index contributed by atoms with van der Waals surface area (Å²) in [6.07, 6.45) is 1.74. The molecule has 0 saturated heterocycles. The fraction of sp³-hybridized carbons (Fsp3) is 0.500. The Morgan fingerprint density at radius 1 is 1.15 bits per heavy atom. The van der Waals surface area contributed by atoms with Gasteiger partial charge in [-0.25, -0.2) is 9.59 Å². The zero-order chi connectivity index (χ0) is 20.0. The number of benzene rings is 1. The van der Waals surface area contributed by atoms with Gasteiger partial charge in [-0.1, -0.05) is 13.3 Å². The summed E-state index contributed by atoms with van der Waals surface area (Å²) in [6.45, 7) is 8.22. The van der Waals surface area contributed by atoms with E-state index in [2.05, 4.69) is 17.6 Å². The molecule has 2 N–H and O–H groups in total. The number of amides is 2. The van der Waals surface area contributed by atoms with E-state index in [-0.39, 0.29) is 12.6 Å². The van der Waals surface area contributed by atoms with Crippen molar-refractivity contribution in [1.82, 2.24) is 10.6 Å². The highest BCUT2D eigenvalue weighted by Crippen LogP contribution is 2.38. The quantitative estimate of drug-likeness (QED) is 0.680. The zero-order valence-electron chi connectivity index (χ0n) is 16.6. The summed E-state index contributed by atoms with van der Waals surface area (Å²) in [5, 5.41) is 5.46. The fourth-order valence-electron chi connectivity index (χ4n) is 3.19. The number of aryl methyl sites for hydroxylation is 1. The molecule has 1 heterocycles. The third kappa shape index (κ3) is 4.53. The Kier molecular flexibility index (Phi) is 7.10. The molecule has 0 fully saturated rings. The topological polar surface area (TPSA) is 85.9 Å². The van der Waals surface area contributed by atoms with Gasteiger partial charge < -0.3 is 24.8 Å². The van der Waals surface area contributed by atoms with E-state index in [1.807, 2.05) is 19.1 Å². The number of esters is 1. The van der Waals surface area contributed by atoms with Gasteiger partial charge in [0.05, 0.1) is 31.9 Å². The van der Waals surface area contributed by atoms with Gasteiger partial charge in [0.1, 0.15) is 11.5 Å². The summed E-state index contributed by atoms with van der Waals surface area (Å²) in [5.74, 6) is 0.819. The fourth-order valence-corrected chi connectivity index (χ4v) is 3.19. The summed E-state index contributed by atoms with van der Waals surface area (Å²) in [6, 6.07) is 2.71. The van der Waals surface area contributed by atoms with Crippen LogP contribution in [0, 0.1) is 0 Å². The number of ether oxygens (including phenoxy) is 3. The molecule has 0 bridgehead atoms. The van der Waals surface area contributed by atoms with Crippen molar-refractivity contribution in [2.45, 2.75) is 46.6 Å². The molecule has 1 aromatic rings. The monoisotopic (exact) mass is 376 g/mol. The summed E-state index contributed by atoms with van der Waals surface area (Å²) in [7, 11) is 1.55. The lowest BCUT2D eigenvalue weighted by molar-refractivity contribution is -0.139. The first-order chi connectivity index (χ1) is 13.0. The molecule has 1 aliphatic heterocycles. The number of allylic oxidation sites excluding steroid dienone is 1. The van der Waals surface area contributed by atoms with Crippen molar-refractivity contribution in [2.75, 3.05) is 20.3 Å². The molecule has 7 heteroatoms. The van der Waals surface area contributed by atoms with Crippen LogP contribution < -0.4 is 20.1 Å². The molecule has 2 amide bonds. The molecule has 7 nitrogen and oxygen atoms in total.